The monoisotopic (exact) mass is 675 g/mol. The van der Waals surface area contributed by atoms with Crippen molar-refractivity contribution >= 4 is 0 Å². The van der Waals surface area contributed by atoms with E-state index in [9.17, 15) is 0 Å². The zero-order valence-corrected chi connectivity index (χ0v) is 35.1. The van der Waals surface area contributed by atoms with Crippen LogP contribution in [0.1, 0.15) is 298 Å². The lowest BCUT2D eigenvalue weighted by atomic mass is 9.74. The molecule has 0 saturated carbocycles. The molecule has 0 nitrogen and oxygen atoms in total. The van der Waals surface area contributed by atoms with E-state index >= 15 is 0 Å². The average molecular weight is 675 g/mol. The molecular formula is C48H98. The van der Waals surface area contributed by atoms with Crippen LogP contribution in [0.25, 0.3) is 0 Å². The number of unbranched alkanes of at least 4 members (excludes halogenated alkanes) is 30. The van der Waals surface area contributed by atoms with Gasteiger partial charge in [0.1, 0.15) is 0 Å². The second-order valence-corrected chi connectivity index (χ2v) is 16.9. The Bertz CT molecular complexity index is 558. The standard InChI is InChI=1S/C48H98/c1-6-11-14-17-19-21-23-25-29-33-38-43-47(42-37-16-13-8-3)44-39-34-30-26-28-32-36-41-46-48(9-4,10-5)45-40-35-31-27-24-22-20-18-15-12-7-2/h47H,6-46H2,1-5H3. The molecule has 0 saturated heterocycles. The summed E-state index contributed by atoms with van der Waals surface area (Å²) in [4.78, 5) is 0. The van der Waals surface area contributed by atoms with Crippen LogP contribution in [-0.4, -0.2) is 0 Å². The molecule has 0 aliphatic rings. The van der Waals surface area contributed by atoms with E-state index in [4.69, 9.17) is 0 Å². The van der Waals surface area contributed by atoms with E-state index in [1.165, 1.54) is 263 Å². The Hall–Kier alpha value is 0. The molecule has 0 fully saturated rings. The topological polar surface area (TPSA) is 0 Å². The zero-order chi connectivity index (χ0) is 35.1. The fourth-order valence-corrected chi connectivity index (χ4v) is 8.63. The highest BCUT2D eigenvalue weighted by molar-refractivity contribution is 4.77. The van der Waals surface area contributed by atoms with E-state index in [0.29, 0.717) is 5.41 Å². The number of hydrogen-bond acceptors (Lipinski definition) is 0. The van der Waals surface area contributed by atoms with Gasteiger partial charge >= 0.3 is 0 Å². The van der Waals surface area contributed by atoms with Crippen molar-refractivity contribution in [2.75, 3.05) is 0 Å². The van der Waals surface area contributed by atoms with Crippen LogP contribution in [0.3, 0.4) is 0 Å². The zero-order valence-electron chi connectivity index (χ0n) is 35.1. The van der Waals surface area contributed by atoms with Crippen molar-refractivity contribution in [2.45, 2.75) is 298 Å². The number of hydrogen-bond donors (Lipinski definition) is 0. The first-order chi connectivity index (χ1) is 23.7. The Labute approximate surface area is 308 Å². The molecule has 290 valence electrons. The van der Waals surface area contributed by atoms with Gasteiger partial charge in [-0.05, 0) is 24.2 Å². The minimum absolute atomic E-state index is 0.653. The molecule has 48 heavy (non-hydrogen) atoms. The Morgan fingerprint density at radius 3 is 0.708 bits per heavy atom. The molecular weight excluding hydrogens is 577 g/mol. The summed E-state index contributed by atoms with van der Waals surface area (Å²) in [6, 6.07) is 0. The summed E-state index contributed by atoms with van der Waals surface area (Å²) in [5.41, 5.74) is 0.653. The highest BCUT2D eigenvalue weighted by Gasteiger charge is 2.24. The van der Waals surface area contributed by atoms with Gasteiger partial charge in [-0.3, -0.25) is 0 Å². The third kappa shape index (κ3) is 33.2. The Kier molecular flexibility index (Phi) is 39.8. The van der Waals surface area contributed by atoms with Gasteiger partial charge < -0.3 is 0 Å². The molecule has 0 heteroatoms. The molecule has 0 aromatic carbocycles. The Morgan fingerprint density at radius 1 is 0.250 bits per heavy atom. The molecule has 0 rings (SSSR count). The van der Waals surface area contributed by atoms with Crippen LogP contribution in [0.2, 0.25) is 0 Å². The van der Waals surface area contributed by atoms with Crippen molar-refractivity contribution in [1.82, 2.24) is 0 Å². The summed E-state index contributed by atoms with van der Waals surface area (Å²) >= 11 is 0. The van der Waals surface area contributed by atoms with Crippen molar-refractivity contribution in [3.8, 4) is 0 Å². The quantitative estimate of drug-likeness (QED) is 0.0565. The molecule has 0 aliphatic carbocycles. The third-order valence-corrected chi connectivity index (χ3v) is 12.6. The van der Waals surface area contributed by atoms with Crippen LogP contribution < -0.4 is 0 Å². The highest BCUT2D eigenvalue weighted by atomic mass is 14.3. The van der Waals surface area contributed by atoms with Crippen molar-refractivity contribution in [2.24, 2.45) is 11.3 Å². The maximum atomic E-state index is 2.48. The van der Waals surface area contributed by atoms with Gasteiger partial charge in [-0.25, -0.2) is 0 Å². The van der Waals surface area contributed by atoms with Crippen molar-refractivity contribution in [3.05, 3.63) is 0 Å². The maximum absolute atomic E-state index is 2.48. The van der Waals surface area contributed by atoms with E-state index in [1.54, 1.807) is 0 Å². The Balaban J connectivity index is 3.90. The first-order valence-corrected chi connectivity index (χ1v) is 23.7. The van der Waals surface area contributed by atoms with Gasteiger partial charge in [0, 0.05) is 0 Å². The largest absolute Gasteiger partial charge is 0.0654 e. The van der Waals surface area contributed by atoms with Gasteiger partial charge in [0.05, 0.1) is 0 Å². The molecule has 0 radical (unpaired) electrons. The van der Waals surface area contributed by atoms with Crippen LogP contribution in [0.15, 0.2) is 0 Å². The normalized spacial score (nSPS) is 12.7. The van der Waals surface area contributed by atoms with E-state index in [1.807, 2.05) is 0 Å². The van der Waals surface area contributed by atoms with E-state index in [2.05, 4.69) is 34.6 Å². The van der Waals surface area contributed by atoms with Gasteiger partial charge in [-0.15, -0.1) is 0 Å². The fraction of sp³-hybridized carbons (Fsp3) is 1.00. The van der Waals surface area contributed by atoms with E-state index < -0.39 is 0 Å². The van der Waals surface area contributed by atoms with Gasteiger partial charge in [0.25, 0.3) is 0 Å². The fourth-order valence-electron chi connectivity index (χ4n) is 8.63. The molecule has 0 aliphatic heterocycles. The molecule has 1 unspecified atom stereocenters. The van der Waals surface area contributed by atoms with Gasteiger partial charge in [-0.1, -0.05) is 285 Å². The molecule has 0 aromatic heterocycles. The average Bonchev–Trinajstić information content (AvgIpc) is 3.10. The molecule has 0 bridgehead atoms. The smallest absolute Gasteiger partial charge is 0.0303 e. The SMILES string of the molecule is CCCCCCCCCCCCCC(CCCCCC)CCCCCCCCCCC(CC)(CC)CCCCCCCCCCCCC. The minimum Gasteiger partial charge on any atom is -0.0654 e. The highest BCUT2D eigenvalue weighted by Crippen LogP contribution is 2.38. The Morgan fingerprint density at radius 2 is 0.458 bits per heavy atom. The van der Waals surface area contributed by atoms with Gasteiger partial charge in [0.2, 0.25) is 0 Å². The van der Waals surface area contributed by atoms with Crippen molar-refractivity contribution in [1.29, 1.82) is 0 Å². The molecule has 0 heterocycles. The third-order valence-electron chi connectivity index (χ3n) is 12.6. The van der Waals surface area contributed by atoms with Crippen LogP contribution in [0.5, 0.6) is 0 Å². The van der Waals surface area contributed by atoms with Crippen LogP contribution in [0, 0.1) is 11.3 Å². The first kappa shape index (κ1) is 48.0. The molecule has 0 aromatic rings. The molecule has 0 amide bonds. The summed E-state index contributed by atoms with van der Waals surface area (Å²) in [6.45, 7) is 12.0. The minimum atomic E-state index is 0.653. The van der Waals surface area contributed by atoms with Crippen molar-refractivity contribution < 1.29 is 0 Å². The van der Waals surface area contributed by atoms with Gasteiger partial charge in [0.15, 0.2) is 0 Å². The van der Waals surface area contributed by atoms with Crippen LogP contribution in [-0.2, 0) is 0 Å². The lowest BCUT2D eigenvalue weighted by Crippen LogP contribution is -2.18. The first-order valence-electron chi connectivity index (χ1n) is 23.7. The summed E-state index contributed by atoms with van der Waals surface area (Å²) < 4.78 is 0. The second kappa shape index (κ2) is 39.8. The van der Waals surface area contributed by atoms with Gasteiger partial charge in [-0.2, -0.15) is 0 Å². The lowest BCUT2D eigenvalue weighted by molar-refractivity contribution is 0.202. The van der Waals surface area contributed by atoms with Crippen LogP contribution in [0.4, 0.5) is 0 Å². The molecule has 1 atom stereocenters. The summed E-state index contributed by atoms with van der Waals surface area (Å²) in [6.07, 6.45) is 60.4. The molecule has 0 spiro atoms. The van der Waals surface area contributed by atoms with Crippen molar-refractivity contribution in [3.63, 3.8) is 0 Å². The maximum Gasteiger partial charge on any atom is -0.0303 e. The molecule has 0 N–H and O–H groups in total. The summed E-state index contributed by atoms with van der Waals surface area (Å²) in [5, 5.41) is 0. The van der Waals surface area contributed by atoms with Crippen LogP contribution >= 0.6 is 0 Å². The predicted molar refractivity (Wildman–Crippen MR) is 224 cm³/mol. The predicted octanol–water partition coefficient (Wildman–Crippen LogP) is 18.7. The summed E-state index contributed by atoms with van der Waals surface area (Å²) in [5.74, 6) is 1.03. The van der Waals surface area contributed by atoms with E-state index in [-0.39, 0.29) is 0 Å². The second-order valence-electron chi connectivity index (χ2n) is 16.9. The lowest BCUT2D eigenvalue weighted by Gasteiger charge is -2.32. The van der Waals surface area contributed by atoms with E-state index in [0.717, 1.165) is 5.92 Å². The number of rotatable bonds is 42. The summed E-state index contributed by atoms with van der Waals surface area (Å²) in [7, 11) is 0.